The Bertz CT molecular complexity index is 762. The van der Waals surface area contributed by atoms with Gasteiger partial charge in [-0.15, -0.1) is 22.7 Å². The molecule has 0 aliphatic heterocycles. The van der Waals surface area contributed by atoms with Gasteiger partial charge in [-0.1, -0.05) is 66.2 Å². The fraction of sp³-hybridized carbons (Fsp3) is 0.640. The predicted octanol–water partition coefficient (Wildman–Crippen LogP) is 8.74. The van der Waals surface area contributed by atoms with Gasteiger partial charge in [0, 0.05) is 34.8 Å². The summed E-state index contributed by atoms with van der Waals surface area (Å²) in [7, 11) is 0. The minimum atomic E-state index is 0.775. The number of nitrogens with zero attached hydrogens (tertiary/aromatic N) is 2. The lowest BCUT2D eigenvalue weighted by Gasteiger charge is -2.31. The van der Waals surface area contributed by atoms with Gasteiger partial charge in [0.05, 0.1) is 15.8 Å². The molecule has 0 radical (unpaired) electrons. The summed E-state index contributed by atoms with van der Waals surface area (Å²) in [5.41, 5.74) is 1.19. The zero-order chi connectivity index (χ0) is 21.1. The second-order valence-electron chi connectivity index (χ2n) is 8.17. The molecule has 29 heavy (non-hydrogen) atoms. The zero-order valence-corrected chi connectivity index (χ0v) is 20.4. The summed E-state index contributed by atoms with van der Waals surface area (Å²) in [4.78, 5) is 2.70. The number of fused-ring (bicyclic) bond motifs is 1. The van der Waals surface area contributed by atoms with Crippen LogP contribution in [-0.2, 0) is 0 Å². The van der Waals surface area contributed by atoms with Crippen molar-refractivity contribution in [1.29, 1.82) is 5.26 Å². The Morgan fingerprint density at radius 3 is 2.17 bits per heavy atom. The Labute approximate surface area is 186 Å². The fourth-order valence-electron chi connectivity index (χ4n) is 3.94. The van der Waals surface area contributed by atoms with Gasteiger partial charge in [0.25, 0.3) is 0 Å². The number of thiophene rings is 2. The number of anilines is 1. The van der Waals surface area contributed by atoms with Crippen molar-refractivity contribution in [2.75, 3.05) is 18.0 Å². The monoisotopic (exact) mass is 430 g/mol. The molecular formula is C25H38N2S2. The third kappa shape index (κ3) is 7.15. The molecule has 2 nitrogen and oxygen atoms in total. The van der Waals surface area contributed by atoms with Crippen LogP contribution in [0.4, 0.5) is 5.00 Å². The molecule has 2 heterocycles. The lowest BCUT2D eigenvalue weighted by atomic mass is 9.96. The van der Waals surface area contributed by atoms with E-state index < -0.39 is 0 Å². The van der Waals surface area contributed by atoms with Crippen molar-refractivity contribution < 1.29 is 0 Å². The quantitative estimate of drug-likeness (QED) is 0.280. The third-order valence-corrected chi connectivity index (χ3v) is 8.27. The van der Waals surface area contributed by atoms with E-state index in [2.05, 4.69) is 50.1 Å². The smallest absolute Gasteiger partial charge is 0.0929 e. The van der Waals surface area contributed by atoms with Gasteiger partial charge < -0.3 is 4.90 Å². The highest BCUT2D eigenvalue weighted by atomic mass is 32.1. The lowest BCUT2D eigenvalue weighted by molar-refractivity contribution is 0.404. The highest BCUT2D eigenvalue weighted by Gasteiger charge is 2.20. The van der Waals surface area contributed by atoms with E-state index in [9.17, 15) is 0 Å². The Morgan fingerprint density at radius 2 is 1.66 bits per heavy atom. The van der Waals surface area contributed by atoms with Gasteiger partial charge in [-0.25, -0.2) is 0 Å². The summed E-state index contributed by atoms with van der Waals surface area (Å²) < 4.78 is 2.69. The number of hydrogen-bond donors (Lipinski definition) is 0. The van der Waals surface area contributed by atoms with Crippen LogP contribution in [0.2, 0.25) is 0 Å². The van der Waals surface area contributed by atoms with Gasteiger partial charge in [-0.2, -0.15) is 5.26 Å². The van der Waals surface area contributed by atoms with Crippen LogP contribution < -0.4 is 4.90 Å². The Balaban J connectivity index is 2.27. The molecule has 0 aliphatic carbocycles. The molecule has 0 saturated carbocycles. The minimum absolute atomic E-state index is 0.775. The normalized spacial score (nSPS) is 13.8. The van der Waals surface area contributed by atoms with Crippen LogP contribution in [0.3, 0.4) is 0 Å². The van der Waals surface area contributed by atoms with Gasteiger partial charge in [0.1, 0.15) is 0 Å². The Hall–Kier alpha value is -1.31. The molecule has 4 heteroatoms. The summed E-state index contributed by atoms with van der Waals surface area (Å²) in [5.74, 6) is 1.55. The van der Waals surface area contributed by atoms with E-state index >= 15 is 0 Å². The molecule has 2 atom stereocenters. The van der Waals surface area contributed by atoms with Crippen LogP contribution in [0.5, 0.6) is 0 Å². The molecule has 0 amide bonds. The van der Waals surface area contributed by atoms with E-state index in [1.807, 2.05) is 17.4 Å². The molecule has 0 saturated heterocycles. The van der Waals surface area contributed by atoms with Crippen LogP contribution in [0.25, 0.3) is 15.5 Å². The summed E-state index contributed by atoms with van der Waals surface area (Å²) in [6, 6.07) is 4.52. The maximum atomic E-state index is 8.89. The Kier molecular flexibility index (Phi) is 10.8. The number of unbranched alkanes of at least 4 members (excludes halogenated alkanes) is 2. The van der Waals surface area contributed by atoms with Gasteiger partial charge >= 0.3 is 0 Å². The first-order valence-corrected chi connectivity index (χ1v) is 13.2. The van der Waals surface area contributed by atoms with Crippen molar-refractivity contribution in [3.63, 3.8) is 0 Å². The van der Waals surface area contributed by atoms with Crippen LogP contribution in [0.1, 0.15) is 84.6 Å². The number of allylic oxidation sites excluding steroid dienone is 1. The zero-order valence-electron chi connectivity index (χ0n) is 18.7. The Morgan fingerprint density at radius 1 is 1.03 bits per heavy atom. The van der Waals surface area contributed by atoms with Gasteiger partial charge in [0.15, 0.2) is 0 Å². The fourth-order valence-corrected chi connectivity index (χ4v) is 6.28. The second kappa shape index (κ2) is 13.1. The highest BCUT2D eigenvalue weighted by molar-refractivity contribution is 7.29. The molecule has 0 fully saturated rings. The number of nitriles is 1. The van der Waals surface area contributed by atoms with Crippen molar-refractivity contribution in [3.05, 3.63) is 23.1 Å². The van der Waals surface area contributed by atoms with Crippen LogP contribution in [0.15, 0.2) is 17.5 Å². The molecule has 2 aromatic rings. The van der Waals surface area contributed by atoms with Crippen molar-refractivity contribution in [2.24, 2.45) is 11.8 Å². The second-order valence-corrected chi connectivity index (χ2v) is 10.1. The average Bonchev–Trinajstić information content (AvgIpc) is 3.32. The summed E-state index contributed by atoms with van der Waals surface area (Å²) in [6.45, 7) is 11.7. The summed E-state index contributed by atoms with van der Waals surface area (Å²) in [6.07, 6.45) is 14.0. The van der Waals surface area contributed by atoms with E-state index in [0.29, 0.717) is 0 Å². The van der Waals surface area contributed by atoms with Crippen molar-refractivity contribution in [3.8, 4) is 6.07 Å². The minimum Gasteiger partial charge on any atom is -0.363 e. The van der Waals surface area contributed by atoms with E-state index in [4.69, 9.17) is 5.26 Å². The highest BCUT2D eigenvalue weighted by Crippen LogP contribution is 2.40. The molecule has 0 bridgehead atoms. The lowest BCUT2D eigenvalue weighted by Crippen LogP contribution is -2.33. The largest absolute Gasteiger partial charge is 0.363 e. The van der Waals surface area contributed by atoms with E-state index in [-0.39, 0.29) is 0 Å². The van der Waals surface area contributed by atoms with Crippen molar-refractivity contribution in [2.45, 2.75) is 79.1 Å². The molecular weight excluding hydrogens is 392 g/mol. The molecule has 0 aromatic carbocycles. The molecule has 2 unspecified atom stereocenters. The van der Waals surface area contributed by atoms with Gasteiger partial charge in [-0.3, -0.25) is 0 Å². The van der Waals surface area contributed by atoms with E-state index in [1.54, 1.807) is 17.4 Å². The topological polar surface area (TPSA) is 27.0 Å². The van der Waals surface area contributed by atoms with E-state index in [1.165, 1.54) is 84.4 Å². The van der Waals surface area contributed by atoms with Gasteiger partial charge in [-0.05, 0) is 36.8 Å². The maximum absolute atomic E-state index is 8.89. The molecule has 2 rings (SSSR count). The first-order chi connectivity index (χ1) is 14.2. The SMILES string of the molecule is CCCCC(CC)CN(CC(CC)CCCC)c1cc2scc(/C=C/C#N)c2s1. The predicted molar refractivity (Wildman–Crippen MR) is 133 cm³/mol. The average molecular weight is 431 g/mol. The first kappa shape index (κ1) is 24.0. The molecule has 160 valence electrons. The molecule has 0 spiro atoms. The maximum Gasteiger partial charge on any atom is 0.0929 e. The van der Waals surface area contributed by atoms with Crippen LogP contribution >= 0.6 is 22.7 Å². The summed E-state index contributed by atoms with van der Waals surface area (Å²) >= 11 is 3.72. The molecule has 0 aliphatic rings. The first-order valence-electron chi connectivity index (χ1n) is 11.5. The third-order valence-electron chi connectivity index (χ3n) is 5.95. The van der Waals surface area contributed by atoms with Gasteiger partial charge in [0.2, 0.25) is 0 Å². The van der Waals surface area contributed by atoms with E-state index in [0.717, 1.165) is 11.8 Å². The summed E-state index contributed by atoms with van der Waals surface area (Å²) in [5, 5.41) is 12.5. The van der Waals surface area contributed by atoms with Crippen molar-refractivity contribution in [1.82, 2.24) is 0 Å². The molecule has 0 N–H and O–H groups in total. The molecule has 2 aromatic heterocycles. The van der Waals surface area contributed by atoms with Crippen LogP contribution in [0, 0.1) is 23.2 Å². The van der Waals surface area contributed by atoms with Crippen molar-refractivity contribution >= 4 is 43.2 Å². The van der Waals surface area contributed by atoms with Crippen LogP contribution in [-0.4, -0.2) is 13.1 Å². The number of hydrogen-bond acceptors (Lipinski definition) is 4. The standard InChI is InChI=1S/C25H38N2S2/c1-5-9-12-20(7-3)17-27(18-21(8-4)13-10-6-2)24-16-23-25(29-24)22(19-28-23)14-11-15-26/h11,14,16,19-21H,5-10,12-13,17-18H2,1-4H3/b14-11+. The number of rotatable bonds is 14.